The van der Waals surface area contributed by atoms with Gasteiger partial charge in [0, 0.05) is 7.11 Å². The lowest BCUT2D eigenvalue weighted by Crippen LogP contribution is -2.44. The topological polar surface area (TPSA) is 9.23 Å². The molecule has 114 valence electrons. The minimum Gasteiger partial charge on any atom is -0.416 e. The lowest BCUT2D eigenvalue weighted by atomic mass is 9.99. The highest BCUT2D eigenvalue weighted by molar-refractivity contribution is 6.88. The fraction of sp³-hybridized carbons (Fsp3) is 0.143. The monoisotopic (exact) mass is 316 g/mol. The molecule has 0 N–H and O–H groups in total. The molecule has 0 fully saturated rings. The fourth-order valence-electron chi connectivity index (χ4n) is 3.51. The highest BCUT2D eigenvalue weighted by atomic mass is 28.4. The van der Waals surface area contributed by atoms with Gasteiger partial charge in [-0.25, -0.2) is 0 Å². The van der Waals surface area contributed by atoms with Gasteiger partial charge in [-0.15, -0.1) is 0 Å². The van der Waals surface area contributed by atoms with Gasteiger partial charge >= 0.3 is 0 Å². The molecule has 23 heavy (non-hydrogen) atoms. The van der Waals surface area contributed by atoms with Crippen molar-refractivity contribution in [1.82, 2.24) is 0 Å². The standard InChI is InChI=1S/C21H20OSi/c1-22-23(2,3)21-19-11-7-6-10-17(19)13-18-12-15-8-4-5-9-16(15)14-20(18)21/h4-14H,1-3H3. The Labute approximate surface area is 137 Å². The summed E-state index contributed by atoms with van der Waals surface area (Å²) in [6.45, 7) is 4.56. The van der Waals surface area contributed by atoms with Gasteiger partial charge in [0.25, 0.3) is 0 Å². The zero-order chi connectivity index (χ0) is 16.0. The Kier molecular flexibility index (Phi) is 3.25. The quantitative estimate of drug-likeness (QED) is 0.364. The van der Waals surface area contributed by atoms with Crippen molar-refractivity contribution in [3.05, 3.63) is 66.7 Å². The van der Waals surface area contributed by atoms with Crippen molar-refractivity contribution in [1.29, 1.82) is 0 Å². The molecule has 0 heterocycles. The van der Waals surface area contributed by atoms with Crippen LogP contribution in [0.5, 0.6) is 0 Å². The summed E-state index contributed by atoms with van der Waals surface area (Å²) in [5.41, 5.74) is 0. The Balaban J connectivity index is 2.25. The summed E-state index contributed by atoms with van der Waals surface area (Å²) in [7, 11) is -0.122. The van der Waals surface area contributed by atoms with Crippen molar-refractivity contribution in [3.63, 3.8) is 0 Å². The van der Waals surface area contributed by atoms with Crippen LogP contribution in [0.3, 0.4) is 0 Å². The van der Waals surface area contributed by atoms with Crippen molar-refractivity contribution in [2.75, 3.05) is 7.11 Å². The SMILES string of the molecule is CO[Si](C)(C)c1c2ccccc2cc2cc3ccccc3cc12. The molecule has 0 atom stereocenters. The van der Waals surface area contributed by atoms with Crippen LogP contribution in [0.15, 0.2) is 66.7 Å². The maximum absolute atomic E-state index is 5.99. The molecule has 0 saturated heterocycles. The first-order valence-corrected chi connectivity index (χ1v) is 10.9. The molecule has 0 radical (unpaired) electrons. The van der Waals surface area contributed by atoms with Gasteiger partial charge < -0.3 is 4.43 Å². The summed E-state index contributed by atoms with van der Waals surface area (Å²) in [6, 6.07) is 24.2. The lowest BCUT2D eigenvalue weighted by molar-refractivity contribution is 0.417. The van der Waals surface area contributed by atoms with Crippen molar-refractivity contribution in [3.8, 4) is 0 Å². The van der Waals surface area contributed by atoms with Crippen molar-refractivity contribution >= 4 is 45.8 Å². The summed E-state index contributed by atoms with van der Waals surface area (Å²) in [5, 5.41) is 9.24. The van der Waals surface area contributed by atoms with Gasteiger partial charge in [0.05, 0.1) is 0 Å². The molecule has 0 saturated carbocycles. The number of fused-ring (bicyclic) bond motifs is 3. The Hall–Kier alpha value is -2.16. The van der Waals surface area contributed by atoms with Crippen LogP contribution in [0, 0.1) is 0 Å². The van der Waals surface area contributed by atoms with Gasteiger partial charge in [0.2, 0.25) is 8.32 Å². The van der Waals surface area contributed by atoms with Crippen LogP contribution in [0.2, 0.25) is 13.1 Å². The summed E-state index contributed by atoms with van der Waals surface area (Å²) < 4.78 is 5.99. The van der Waals surface area contributed by atoms with E-state index in [2.05, 4.69) is 79.8 Å². The molecule has 0 spiro atoms. The molecule has 0 aliphatic carbocycles. The molecule has 4 aromatic carbocycles. The summed E-state index contributed by atoms with van der Waals surface area (Å²) >= 11 is 0. The highest BCUT2D eigenvalue weighted by Gasteiger charge is 2.28. The third kappa shape index (κ3) is 2.26. The second-order valence-electron chi connectivity index (χ2n) is 6.61. The van der Waals surface area contributed by atoms with Crippen LogP contribution in [0.1, 0.15) is 0 Å². The third-order valence-electron chi connectivity index (χ3n) is 4.84. The van der Waals surface area contributed by atoms with E-state index < -0.39 is 8.32 Å². The predicted molar refractivity (Wildman–Crippen MR) is 103 cm³/mol. The summed E-state index contributed by atoms with van der Waals surface area (Å²) in [4.78, 5) is 0. The van der Waals surface area contributed by atoms with Gasteiger partial charge in [0.1, 0.15) is 0 Å². The first-order valence-electron chi connectivity index (χ1n) is 8.00. The van der Waals surface area contributed by atoms with Crippen molar-refractivity contribution < 1.29 is 4.43 Å². The molecule has 0 bridgehead atoms. The van der Waals surface area contributed by atoms with Crippen LogP contribution >= 0.6 is 0 Å². The van der Waals surface area contributed by atoms with E-state index in [9.17, 15) is 0 Å². The van der Waals surface area contributed by atoms with E-state index in [-0.39, 0.29) is 0 Å². The van der Waals surface area contributed by atoms with E-state index in [1.54, 1.807) is 0 Å². The molecule has 0 aromatic heterocycles. The predicted octanol–water partition coefficient (Wildman–Crippen LogP) is 5.20. The highest BCUT2D eigenvalue weighted by Crippen LogP contribution is 2.28. The van der Waals surface area contributed by atoms with Gasteiger partial charge in [-0.05, 0) is 68.8 Å². The Morgan fingerprint density at radius 2 is 1.22 bits per heavy atom. The zero-order valence-electron chi connectivity index (χ0n) is 13.8. The first-order chi connectivity index (χ1) is 11.1. The number of benzene rings is 4. The average Bonchev–Trinajstić information content (AvgIpc) is 2.57. The molecule has 0 unspecified atom stereocenters. The number of hydrogen-bond acceptors (Lipinski definition) is 1. The Morgan fingerprint density at radius 1 is 0.652 bits per heavy atom. The average molecular weight is 316 g/mol. The summed E-state index contributed by atoms with van der Waals surface area (Å²) in [5.74, 6) is 0. The second kappa shape index (κ2) is 5.19. The maximum Gasteiger partial charge on any atom is 0.218 e. The molecular weight excluding hydrogens is 296 g/mol. The Morgan fingerprint density at radius 3 is 1.91 bits per heavy atom. The van der Waals surface area contributed by atoms with Gasteiger partial charge in [0.15, 0.2) is 0 Å². The maximum atomic E-state index is 5.99. The van der Waals surface area contributed by atoms with E-state index in [0.717, 1.165) is 0 Å². The fourth-order valence-corrected chi connectivity index (χ4v) is 5.45. The minimum atomic E-state index is -1.97. The first kappa shape index (κ1) is 14.4. The molecule has 4 rings (SSSR count). The van der Waals surface area contributed by atoms with E-state index in [4.69, 9.17) is 4.43 Å². The van der Waals surface area contributed by atoms with Crippen molar-refractivity contribution in [2.45, 2.75) is 13.1 Å². The van der Waals surface area contributed by atoms with Crippen LogP contribution in [-0.2, 0) is 4.43 Å². The molecule has 4 aromatic rings. The molecule has 0 amide bonds. The van der Waals surface area contributed by atoms with E-state index in [1.165, 1.54) is 37.5 Å². The minimum absolute atomic E-state index is 1.29. The van der Waals surface area contributed by atoms with E-state index in [0.29, 0.717) is 0 Å². The molecule has 1 nitrogen and oxygen atoms in total. The zero-order valence-corrected chi connectivity index (χ0v) is 14.8. The second-order valence-corrected chi connectivity index (χ2v) is 10.5. The van der Waals surface area contributed by atoms with E-state index >= 15 is 0 Å². The smallest absolute Gasteiger partial charge is 0.218 e. The van der Waals surface area contributed by atoms with Crippen LogP contribution in [-0.4, -0.2) is 15.4 Å². The lowest BCUT2D eigenvalue weighted by Gasteiger charge is -2.25. The van der Waals surface area contributed by atoms with Gasteiger partial charge in [-0.1, -0.05) is 48.5 Å². The largest absolute Gasteiger partial charge is 0.416 e. The van der Waals surface area contributed by atoms with Crippen molar-refractivity contribution in [2.24, 2.45) is 0 Å². The van der Waals surface area contributed by atoms with Crippen LogP contribution in [0.25, 0.3) is 32.3 Å². The van der Waals surface area contributed by atoms with Gasteiger partial charge in [-0.3, -0.25) is 0 Å². The summed E-state index contributed by atoms with van der Waals surface area (Å²) in [6.07, 6.45) is 0. The molecule has 0 aliphatic rings. The van der Waals surface area contributed by atoms with Crippen LogP contribution in [0.4, 0.5) is 0 Å². The van der Waals surface area contributed by atoms with Gasteiger partial charge in [-0.2, -0.15) is 0 Å². The van der Waals surface area contributed by atoms with E-state index in [1.807, 2.05) is 7.11 Å². The normalized spacial score (nSPS) is 12.3. The number of rotatable bonds is 2. The molecule has 2 heteroatoms. The third-order valence-corrected chi connectivity index (χ3v) is 7.60. The van der Waals surface area contributed by atoms with Crippen LogP contribution < -0.4 is 5.19 Å². The Bertz CT molecular complexity index is 1030. The number of hydrogen-bond donors (Lipinski definition) is 0. The molecule has 0 aliphatic heterocycles. The molecular formula is C21H20OSi.